The van der Waals surface area contributed by atoms with E-state index in [9.17, 15) is 0 Å². The molecule has 0 unspecified atom stereocenters. The van der Waals surface area contributed by atoms with Gasteiger partial charge in [-0.25, -0.2) is 0 Å². The third kappa shape index (κ3) is 3.22. The Bertz CT molecular complexity index is 32.4. The molecular weight excluding hydrogens is 128 g/mol. The summed E-state index contributed by atoms with van der Waals surface area (Å²) in [6, 6.07) is 0. The molecule has 0 aliphatic rings. The number of hydrogen-bond acceptors (Lipinski definition) is 4. The van der Waals surface area contributed by atoms with E-state index < -0.39 is 0 Å². The summed E-state index contributed by atoms with van der Waals surface area (Å²) >= 11 is 7.95. The lowest BCUT2D eigenvalue weighted by molar-refractivity contribution is 0.393. The second-order valence-corrected chi connectivity index (χ2v) is 1.70. The van der Waals surface area contributed by atoms with Crippen LogP contribution in [-0.2, 0) is 0 Å². The molecule has 2 nitrogen and oxygen atoms in total. The maximum absolute atomic E-state index is 5.22. The average molecular weight is 138 g/mol. The molecule has 0 amide bonds. The SMILES string of the molecule is NCN(CS)CS. The van der Waals surface area contributed by atoms with E-state index in [0.29, 0.717) is 18.4 Å². The maximum Gasteiger partial charge on any atom is 0.0471 e. The van der Waals surface area contributed by atoms with Crippen molar-refractivity contribution in [2.75, 3.05) is 18.4 Å². The van der Waals surface area contributed by atoms with Crippen LogP contribution in [0.1, 0.15) is 0 Å². The van der Waals surface area contributed by atoms with Crippen molar-refractivity contribution in [3.63, 3.8) is 0 Å². The molecule has 0 rings (SSSR count). The predicted octanol–water partition coefficient (Wildman–Crippen LogP) is -0.0208. The molecule has 0 aromatic carbocycles. The Kier molecular flexibility index (Phi) is 5.19. The summed E-state index contributed by atoms with van der Waals surface area (Å²) in [5, 5.41) is 0. The molecule has 0 aliphatic carbocycles. The van der Waals surface area contributed by atoms with Crippen LogP contribution in [0.25, 0.3) is 0 Å². The van der Waals surface area contributed by atoms with Gasteiger partial charge in [-0.15, -0.1) is 0 Å². The van der Waals surface area contributed by atoms with Crippen LogP contribution < -0.4 is 5.73 Å². The third-order valence-electron chi connectivity index (χ3n) is 0.658. The largest absolute Gasteiger partial charge is 0.318 e. The highest BCUT2D eigenvalue weighted by atomic mass is 32.1. The minimum atomic E-state index is 0.535. The van der Waals surface area contributed by atoms with Gasteiger partial charge >= 0.3 is 0 Å². The van der Waals surface area contributed by atoms with E-state index in [4.69, 9.17) is 5.73 Å². The summed E-state index contributed by atoms with van der Waals surface area (Å²) in [4.78, 5) is 1.88. The first-order valence-electron chi connectivity index (χ1n) is 1.99. The van der Waals surface area contributed by atoms with Crippen LogP contribution in [0.15, 0.2) is 0 Å². The molecule has 0 spiro atoms. The summed E-state index contributed by atoms with van der Waals surface area (Å²) < 4.78 is 0. The fourth-order valence-corrected chi connectivity index (χ4v) is 0.749. The molecule has 0 aromatic rings. The first kappa shape index (κ1) is 7.62. The van der Waals surface area contributed by atoms with Crippen molar-refractivity contribution < 1.29 is 0 Å². The summed E-state index contributed by atoms with van der Waals surface area (Å²) in [6.45, 7) is 0.535. The Balaban J connectivity index is 2.99. The van der Waals surface area contributed by atoms with E-state index in [-0.39, 0.29) is 0 Å². The van der Waals surface area contributed by atoms with Gasteiger partial charge in [0.2, 0.25) is 0 Å². The lowest BCUT2D eigenvalue weighted by atomic mass is 10.9. The smallest absolute Gasteiger partial charge is 0.0471 e. The van der Waals surface area contributed by atoms with Crippen molar-refractivity contribution in [2.24, 2.45) is 5.73 Å². The zero-order valence-corrected chi connectivity index (χ0v) is 5.83. The second-order valence-electron chi connectivity index (χ2n) is 1.14. The van der Waals surface area contributed by atoms with Gasteiger partial charge in [-0.05, 0) is 0 Å². The van der Waals surface area contributed by atoms with Gasteiger partial charge in [-0.3, -0.25) is 4.90 Å². The molecule has 0 saturated heterocycles. The fourth-order valence-electron chi connectivity index (χ4n) is 0.160. The monoisotopic (exact) mass is 138 g/mol. The van der Waals surface area contributed by atoms with Crippen LogP contribution in [0.5, 0.6) is 0 Å². The van der Waals surface area contributed by atoms with E-state index >= 15 is 0 Å². The van der Waals surface area contributed by atoms with Crippen LogP contribution in [0.4, 0.5) is 0 Å². The molecule has 2 N–H and O–H groups in total. The van der Waals surface area contributed by atoms with Crippen molar-refractivity contribution in [2.45, 2.75) is 0 Å². The molecule has 0 aromatic heterocycles. The number of thiol groups is 2. The zero-order chi connectivity index (χ0) is 5.70. The molecule has 4 heteroatoms. The van der Waals surface area contributed by atoms with E-state index in [0.717, 1.165) is 0 Å². The minimum absolute atomic E-state index is 0.535. The quantitative estimate of drug-likeness (QED) is 0.378. The Hall–Kier alpha value is 0.620. The molecule has 0 heterocycles. The van der Waals surface area contributed by atoms with Crippen molar-refractivity contribution >= 4 is 25.3 Å². The van der Waals surface area contributed by atoms with Gasteiger partial charge in [0.25, 0.3) is 0 Å². The van der Waals surface area contributed by atoms with Gasteiger partial charge < -0.3 is 5.73 Å². The molecule has 7 heavy (non-hydrogen) atoms. The first-order chi connectivity index (χ1) is 3.35. The summed E-state index contributed by atoms with van der Waals surface area (Å²) in [7, 11) is 0. The maximum atomic E-state index is 5.22. The van der Waals surface area contributed by atoms with E-state index in [2.05, 4.69) is 25.3 Å². The summed E-state index contributed by atoms with van der Waals surface area (Å²) in [6.07, 6.45) is 0. The van der Waals surface area contributed by atoms with Gasteiger partial charge in [0, 0.05) is 18.4 Å². The highest BCUT2D eigenvalue weighted by Gasteiger charge is 1.90. The highest BCUT2D eigenvalue weighted by Crippen LogP contribution is 1.87. The van der Waals surface area contributed by atoms with Gasteiger partial charge in [-0.1, -0.05) is 0 Å². The number of rotatable bonds is 3. The number of nitrogens with zero attached hydrogens (tertiary/aromatic N) is 1. The summed E-state index contributed by atoms with van der Waals surface area (Å²) in [5.74, 6) is 1.36. The van der Waals surface area contributed by atoms with Crippen molar-refractivity contribution in [1.29, 1.82) is 0 Å². The standard InChI is InChI=1S/C3H10N2S2/c4-1-5(2-6)3-7/h6-7H,1-4H2. The van der Waals surface area contributed by atoms with E-state index in [1.54, 1.807) is 0 Å². The molecular formula is C3H10N2S2. The molecule has 0 saturated carbocycles. The third-order valence-corrected chi connectivity index (χ3v) is 1.46. The lowest BCUT2D eigenvalue weighted by Crippen LogP contribution is -2.27. The first-order valence-corrected chi connectivity index (χ1v) is 3.25. The topological polar surface area (TPSA) is 29.3 Å². The fraction of sp³-hybridized carbons (Fsp3) is 1.00. The molecule has 0 fully saturated rings. The van der Waals surface area contributed by atoms with Crippen LogP contribution in [0, 0.1) is 0 Å². The average Bonchev–Trinajstić information content (AvgIpc) is 1.72. The molecule has 0 atom stereocenters. The zero-order valence-electron chi connectivity index (χ0n) is 4.04. The normalized spacial score (nSPS) is 10.3. The van der Waals surface area contributed by atoms with Crippen LogP contribution in [-0.4, -0.2) is 23.3 Å². The molecule has 0 bridgehead atoms. The van der Waals surface area contributed by atoms with Gasteiger partial charge in [0.1, 0.15) is 0 Å². The van der Waals surface area contributed by atoms with Gasteiger partial charge in [0.05, 0.1) is 0 Å². The number of hydrogen-bond donors (Lipinski definition) is 3. The van der Waals surface area contributed by atoms with Gasteiger partial charge in [-0.2, -0.15) is 25.3 Å². The summed E-state index contributed by atoms with van der Waals surface area (Å²) in [5.41, 5.74) is 5.22. The second kappa shape index (κ2) is 4.77. The Morgan fingerprint density at radius 2 is 1.71 bits per heavy atom. The minimum Gasteiger partial charge on any atom is -0.318 e. The van der Waals surface area contributed by atoms with Crippen molar-refractivity contribution in [3.05, 3.63) is 0 Å². The number of nitrogens with two attached hydrogens (primary N) is 1. The lowest BCUT2D eigenvalue weighted by Gasteiger charge is -2.11. The van der Waals surface area contributed by atoms with E-state index in [1.165, 1.54) is 0 Å². The van der Waals surface area contributed by atoms with Crippen LogP contribution in [0.3, 0.4) is 0 Å². The molecule has 0 radical (unpaired) electrons. The van der Waals surface area contributed by atoms with Crippen LogP contribution >= 0.6 is 25.3 Å². The highest BCUT2D eigenvalue weighted by molar-refractivity contribution is 7.81. The molecule has 0 aliphatic heterocycles. The van der Waals surface area contributed by atoms with E-state index in [1.807, 2.05) is 4.90 Å². The Morgan fingerprint density at radius 3 is 1.71 bits per heavy atom. The molecule has 44 valence electrons. The van der Waals surface area contributed by atoms with Gasteiger partial charge in [0.15, 0.2) is 0 Å². The van der Waals surface area contributed by atoms with Crippen LogP contribution in [0.2, 0.25) is 0 Å². The predicted molar refractivity (Wildman–Crippen MR) is 38.6 cm³/mol. The Morgan fingerprint density at radius 1 is 1.29 bits per heavy atom. The van der Waals surface area contributed by atoms with Crippen molar-refractivity contribution in [1.82, 2.24) is 4.90 Å². The Labute approximate surface area is 54.9 Å². The van der Waals surface area contributed by atoms with Crippen molar-refractivity contribution in [3.8, 4) is 0 Å².